The van der Waals surface area contributed by atoms with Crippen molar-refractivity contribution in [3.8, 4) is 0 Å². The molecule has 6 nitrogen and oxygen atoms in total. The van der Waals surface area contributed by atoms with Crippen molar-refractivity contribution in [3.05, 3.63) is 11.9 Å². The number of carbonyl (C=O) groups is 1. The second kappa shape index (κ2) is 7.40. The van der Waals surface area contributed by atoms with Crippen LogP contribution in [0.4, 0.5) is 5.69 Å². The molecule has 0 saturated carbocycles. The Morgan fingerprint density at radius 2 is 2.30 bits per heavy atom. The van der Waals surface area contributed by atoms with Crippen LogP contribution < -0.4 is 10.6 Å². The smallest absolute Gasteiger partial charge is 0.226 e. The standard InChI is InChI=1S/C14H24N4O2/c1-3-12-13(10-18(2)17-12)16-14(19)6-9-20-11-4-7-15-8-5-11/h10-11,15H,3-9H2,1-2H3,(H,16,19). The topological polar surface area (TPSA) is 68.2 Å². The Labute approximate surface area is 119 Å². The molecule has 1 aromatic rings. The number of amides is 1. The lowest BCUT2D eigenvalue weighted by Crippen LogP contribution is -2.33. The molecule has 0 bridgehead atoms. The van der Waals surface area contributed by atoms with Gasteiger partial charge in [0.15, 0.2) is 0 Å². The number of ether oxygens (including phenoxy) is 1. The Hall–Kier alpha value is -1.40. The number of piperidine rings is 1. The zero-order chi connectivity index (χ0) is 14.4. The molecular formula is C14H24N4O2. The fourth-order valence-corrected chi connectivity index (χ4v) is 2.39. The second-order valence-corrected chi connectivity index (χ2v) is 5.14. The maximum Gasteiger partial charge on any atom is 0.226 e. The fourth-order valence-electron chi connectivity index (χ4n) is 2.39. The number of nitrogens with one attached hydrogen (secondary N) is 2. The molecule has 0 aliphatic carbocycles. The fraction of sp³-hybridized carbons (Fsp3) is 0.714. The van der Waals surface area contributed by atoms with Crippen molar-refractivity contribution < 1.29 is 9.53 Å². The number of hydrogen-bond donors (Lipinski definition) is 2. The summed E-state index contributed by atoms with van der Waals surface area (Å²) in [6, 6.07) is 0. The van der Waals surface area contributed by atoms with Crippen LogP contribution in [0.1, 0.15) is 31.9 Å². The van der Waals surface area contributed by atoms with Crippen molar-refractivity contribution in [2.24, 2.45) is 7.05 Å². The molecule has 1 aliphatic heterocycles. The van der Waals surface area contributed by atoms with Gasteiger partial charge in [0.2, 0.25) is 5.91 Å². The van der Waals surface area contributed by atoms with Crippen LogP contribution in [0.15, 0.2) is 6.20 Å². The second-order valence-electron chi connectivity index (χ2n) is 5.14. The zero-order valence-electron chi connectivity index (χ0n) is 12.3. The van der Waals surface area contributed by atoms with Gasteiger partial charge in [0, 0.05) is 13.2 Å². The summed E-state index contributed by atoms with van der Waals surface area (Å²) in [7, 11) is 1.86. The van der Waals surface area contributed by atoms with E-state index in [2.05, 4.69) is 15.7 Å². The lowest BCUT2D eigenvalue weighted by molar-refractivity contribution is -0.117. The summed E-state index contributed by atoms with van der Waals surface area (Å²) in [5.41, 5.74) is 1.72. The molecule has 2 rings (SSSR count). The van der Waals surface area contributed by atoms with Gasteiger partial charge in [-0.3, -0.25) is 9.48 Å². The molecule has 20 heavy (non-hydrogen) atoms. The zero-order valence-corrected chi connectivity index (χ0v) is 12.3. The minimum absolute atomic E-state index is 0.0124. The van der Waals surface area contributed by atoms with Gasteiger partial charge in [0.25, 0.3) is 0 Å². The summed E-state index contributed by atoms with van der Waals surface area (Å²) in [4.78, 5) is 11.9. The maximum absolute atomic E-state index is 11.9. The van der Waals surface area contributed by atoms with Gasteiger partial charge >= 0.3 is 0 Å². The van der Waals surface area contributed by atoms with Crippen molar-refractivity contribution in [1.82, 2.24) is 15.1 Å². The number of anilines is 1. The molecule has 1 amide bonds. The highest BCUT2D eigenvalue weighted by atomic mass is 16.5. The lowest BCUT2D eigenvalue weighted by Gasteiger charge is -2.22. The Bertz CT molecular complexity index is 438. The molecular weight excluding hydrogens is 256 g/mol. The quantitative estimate of drug-likeness (QED) is 0.818. The average molecular weight is 280 g/mol. The summed E-state index contributed by atoms with van der Waals surface area (Å²) in [6.07, 6.45) is 5.40. The first-order valence-corrected chi connectivity index (χ1v) is 7.33. The van der Waals surface area contributed by atoms with E-state index in [9.17, 15) is 4.79 Å². The molecule has 0 radical (unpaired) electrons. The summed E-state index contributed by atoms with van der Waals surface area (Å²) >= 11 is 0. The van der Waals surface area contributed by atoms with Crippen molar-refractivity contribution >= 4 is 11.6 Å². The van der Waals surface area contributed by atoms with Gasteiger partial charge in [-0.1, -0.05) is 6.92 Å². The minimum atomic E-state index is -0.0124. The van der Waals surface area contributed by atoms with E-state index >= 15 is 0 Å². The number of aromatic nitrogens is 2. The first kappa shape index (κ1) is 15.0. The van der Waals surface area contributed by atoms with E-state index in [1.807, 2.05) is 20.2 Å². The third-order valence-electron chi connectivity index (χ3n) is 3.48. The third-order valence-corrected chi connectivity index (χ3v) is 3.48. The molecule has 1 fully saturated rings. The van der Waals surface area contributed by atoms with Crippen LogP contribution in [0.25, 0.3) is 0 Å². The predicted molar refractivity (Wildman–Crippen MR) is 77.7 cm³/mol. The minimum Gasteiger partial charge on any atom is -0.378 e. The molecule has 112 valence electrons. The van der Waals surface area contributed by atoms with Crippen molar-refractivity contribution in [2.75, 3.05) is 25.0 Å². The largest absolute Gasteiger partial charge is 0.378 e. The average Bonchev–Trinajstić information content (AvgIpc) is 2.80. The SMILES string of the molecule is CCc1nn(C)cc1NC(=O)CCOC1CCNCC1. The summed E-state index contributed by atoms with van der Waals surface area (Å²) in [5.74, 6) is -0.0124. The van der Waals surface area contributed by atoms with Gasteiger partial charge in [-0.25, -0.2) is 0 Å². The number of carbonyl (C=O) groups excluding carboxylic acids is 1. The molecule has 2 N–H and O–H groups in total. The first-order chi connectivity index (χ1) is 9.69. The molecule has 1 aromatic heterocycles. The molecule has 2 heterocycles. The van der Waals surface area contributed by atoms with Gasteiger partial charge in [0.05, 0.1) is 30.5 Å². The molecule has 1 aliphatic rings. The number of nitrogens with zero attached hydrogens (tertiary/aromatic N) is 2. The molecule has 0 spiro atoms. The van der Waals surface area contributed by atoms with E-state index < -0.39 is 0 Å². The molecule has 0 aromatic carbocycles. The molecule has 0 atom stereocenters. The van der Waals surface area contributed by atoms with Crippen LogP contribution in [0.2, 0.25) is 0 Å². The van der Waals surface area contributed by atoms with E-state index in [4.69, 9.17) is 4.74 Å². The number of hydrogen-bond acceptors (Lipinski definition) is 4. The Kier molecular flexibility index (Phi) is 5.55. The van der Waals surface area contributed by atoms with E-state index in [0.29, 0.717) is 19.1 Å². The van der Waals surface area contributed by atoms with Crippen LogP contribution in [0.3, 0.4) is 0 Å². The van der Waals surface area contributed by atoms with Crippen molar-refractivity contribution in [3.63, 3.8) is 0 Å². The van der Waals surface area contributed by atoms with Crippen LogP contribution in [-0.2, 0) is 23.0 Å². The Balaban J connectivity index is 1.71. The highest BCUT2D eigenvalue weighted by molar-refractivity contribution is 5.91. The van der Waals surface area contributed by atoms with Crippen molar-refractivity contribution in [2.45, 2.75) is 38.7 Å². The molecule has 1 saturated heterocycles. The van der Waals surface area contributed by atoms with Gasteiger partial charge in [-0.2, -0.15) is 5.10 Å². The van der Waals surface area contributed by atoms with Gasteiger partial charge in [-0.15, -0.1) is 0 Å². The highest BCUT2D eigenvalue weighted by Crippen LogP contribution is 2.14. The predicted octanol–water partition coefficient (Wildman–Crippen LogP) is 1.08. The van der Waals surface area contributed by atoms with Gasteiger partial charge in [0.1, 0.15) is 0 Å². The number of aryl methyl sites for hydroxylation is 2. The van der Waals surface area contributed by atoms with Crippen molar-refractivity contribution in [1.29, 1.82) is 0 Å². The molecule has 6 heteroatoms. The van der Waals surface area contributed by atoms with E-state index in [-0.39, 0.29) is 5.91 Å². The third kappa shape index (κ3) is 4.31. The monoisotopic (exact) mass is 280 g/mol. The van der Waals surface area contributed by atoms with E-state index in [0.717, 1.165) is 43.7 Å². The van der Waals surface area contributed by atoms with E-state index in [1.165, 1.54) is 0 Å². The van der Waals surface area contributed by atoms with Crippen LogP contribution in [-0.4, -0.2) is 41.5 Å². The normalized spacial score (nSPS) is 16.3. The van der Waals surface area contributed by atoms with Crippen LogP contribution in [0.5, 0.6) is 0 Å². The van der Waals surface area contributed by atoms with Crippen LogP contribution >= 0.6 is 0 Å². The Morgan fingerprint density at radius 1 is 1.55 bits per heavy atom. The molecule has 0 unspecified atom stereocenters. The number of rotatable bonds is 6. The highest BCUT2D eigenvalue weighted by Gasteiger charge is 2.14. The first-order valence-electron chi connectivity index (χ1n) is 7.33. The Morgan fingerprint density at radius 3 is 3.00 bits per heavy atom. The van der Waals surface area contributed by atoms with Gasteiger partial charge in [-0.05, 0) is 32.4 Å². The summed E-state index contributed by atoms with van der Waals surface area (Å²) in [5, 5.41) is 10.5. The summed E-state index contributed by atoms with van der Waals surface area (Å²) < 4.78 is 7.45. The van der Waals surface area contributed by atoms with E-state index in [1.54, 1.807) is 4.68 Å². The van der Waals surface area contributed by atoms with Gasteiger partial charge < -0.3 is 15.4 Å². The lowest BCUT2D eigenvalue weighted by atomic mass is 10.1. The maximum atomic E-state index is 11.9. The summed E-state index contributed by atoms with van der Waals surface area (Å²) in [6.45, 7) is 4.52. The van der Waals surface area contributed by atoms with Crippen LogP contribution in [0, 0.1) is 0 Å².